The molecule has 4 rings (SSSR count). The molecule has 0 aliphatic carbocycles. The fraction of sp³-hybridized carbons (Fsp3) is 0.0645. The number of thioether (sulfide) groups is 1. The number of para-hydroxylation sites is 1. The summed E-state index contributed by atoms with van der Waals surface area (Å²) in [5.41, 5.74) is 0.930. The summed E-state index contributed by atoms with van der Waals surface area (Å²) in [5.74, 6) is -1.49. The van der Waals surface area contributed by atoms with Gasteiger partial charge < -0.3 is 16.0 Å². The summed E-state index contributed by atoms with van der Waals surface area (Å²) in [6, 6.07) is 25.7. The fourth-order valence-electron chi connectivity index (χ4n) is 3.82. The molecule has 0 radical (unpaired) electrons. The number of nitro groups is 1. The van der Waals surface area contributed by atoms with Crippen LogP contribution in [0.4, 0.5) is 17.1 Å². The van der Waals surface area contributed by atoms with Gasteiger partial charge in [-0.15, -0.1) is 11.8 Å². The Balaban J connectivity index is 1.47. The predicted molar refractivity (Wildman–Crippen MR) is 170 cm³/mol. The molecule has 0 aromatic heterocycles. The number of nitrogens with zero attached hydrogens (tertiary/aromatic N) is 1. The lowest BCUT2D eigenvalue weighted by atomic mass is 10.1. The molecule has 0 heterocycles. The third-order valence-corrected chi connectivity index (χ3v) is 7.43. The van der Waals surface area contributed by atoms with Crippen molar-refractivity contribution in [3.05, 3.63) is 134 Å². The van der Waals surface area contributed by atoms with Crippen molar-refractivity contribution in [2.75, 3.05) is 10.6 Å². The van der Waals surface area contributed by atoms with Gasteiger partial charge in [0.15, 0.2) is 0 Å². The molecule has 3 amide bonds. The van der Waals surface area contributed by atoms with E-state index < -0.39 is 22.0 Å². The zero-order valence-corrected chi connectivity index (χ0v) is 24.9. The molecule has 0 bridgehead atoms. The maximum atomic E-state index is 13.3. The van der Waals surface area contributed by atoms with Gasteiger partial charge in [0.05, 0.1) is 15.7 Å². The van der Waals surface area contributed by atoms with Crippen LogP contribution in [0.3, 0.4) is 0 Å². The summed E-state index contributed by atoms with van der Waals surface area (Å²) < 4.78 is 0. The Hall–Kier alpha value is -4.64. The Labute approximate surface area is 261 Å². The van der Waals surface area contributed by atoms with Crippen LogP contribution in [0.2, 0.25) is 10.0 Å². The van der Waals surface area contributed by atoms with Gasteiger partial charge in [-0.3, -0.25) is 24.5 Å². The van der Waals surface area contributed by atoms with Crippen LogP contribution in [0.15, 0.2) is 108 Å². The van der Waals surface area contributed by atoms with Gasteiger partial charge in [-0.05, 0) is 73.7 Å². The molecule has 3 N–H and O–H groups in total. The van der Waals surface area contributed by atoms with Crippen LogP contribution in [0.1, 0.15) is 22.8 Å². The van der Waals surface area contributed by atoms with Gasteiger partial charge in [-0.1, -0.05) is 53.5 Å². The third kappa shape index (κ3) is 8.92. The first-order valence-corrected chi connectivity index (χ1v) is 14.4. The van der Waals surface area contributed by atoms with Gasteiger partial charge in [-0.25, -0.2) is 0 Å². The highest BCUT2D eigenvalue weighted by Gasteiger charge is 2.19. The molecule has 4 aromatic rings. The number of hydrogen-bond donors (Lipinski definition) is 3. The average molecular weight is 636 g/mol. The zero-order chi connectivity index (χ0) is 30.9. The van der Waals surface area contributed by atoms with Gasteiger partial charge >= 0.3 is 0 Å². The van der Waals surface area contributed by atoms with E-state index in [1.165, 1.54) is 36.0 Å². The van der Waals surface area contributed by atoms with E-state index in [0.29, 0.717) is 27.0 Å². The molecule has 1 unspecified atom stereocenters. The second kappa shape index (κ2) is 14.5. The number of amides is 3. The van der Waals surface area contributed by atoms with Crippen molar-refractivity contribution >= 4 is 75.8 Å². The van der Waals surface area contributed by atoms with E-state index in [0.717, 1.165) is 4.90 Å². The number of anilines is 2. The van der Waals surface area contributed by atoms with E-state index in [1.54, 1.807) is 85.8 Å². The van der Waals surface area contributed by atoms with E-state index in [1.807, 2.05) is 0 Å². The molecule has 43 heavy (non-hydrogen) atoms. The van der Waals surface area contributed by atoms with Crippen LogP contribution in [-0.4, -0.2) is 27.9 Å². The first kappa shape index (κ1) is 31.3. The average Bonchev–Trinajstić information content (AvgIpc) is 2.97. The summed E-state index contributed by atoms with van der Waals surface area (Å²) >= 11 is 13.3. The number of carbonyl (C=O) groups excluding carboxylic acids is 3. The van der Waals surface area contributed by atoms with Gasteiger partial charge in [0.1, 0.15) is 5.70 Å². The van der Waals surface area contributed by atoms with Gasteiger partial charge in [0, 0.05) is 37.9 Å². The lowest BCUT2D eigenvalue weighted by molar-refractivity contribution is -0.385. The predicted octanol–water partition coefficient (Wildman–Crippen LogP) is 7.43. The summed E-state index contributed by atoms with van der Waals surface area (Å²) in [6.45, 7) is 1.75. The molecule has 0 aliphatic rings. The van der Waals surface area contributed by atoms with Crippen LogP contribution in [-0.2, 0) is 9.59 Å². The SMILES string of the molecule is CC(Sc1ccc(NC(=O)/C(=C/c2ccccc2[N+](=O)[O-])NC(=O)c2ccccc2)cc1)C(=O)Nc1cc(Cl)cc(Cl)c1. The van der Waals surface area contributed by atoms with Gasteiger partial charge in [0.25, 0.3) is 17.5 Å². The zero-order valence-electron chi connectivity index (χ0n) is 22.5. The Bertz CT molecular complexity index is 1680. The number of nitro benzene ring substituents is 1. The Morgan fingerprint density at radius 2 is 1.47 bits per heavy atom. The maximum absolute atomic E-state index is 13.3. The molecule has 1 atom stereocenters. The van der Waals surface area contributed by atoms with Crippen LogP contribution in [0.25, 0.3) is 6.08 Å². The van der Waals surface area contributed by atoms with Crippen molar-refractivity contribution in [3.63, 3.8) is 0 Å². The number of nitrogens with one attached hydrogen (secondary N) is 3. The van der Waals surface area contributed by atoms with E-state index >= 15 is 0 Å². The van der Waals surface area contributed by atoms with Crippen molar-refractivity contribution in [1.29, 1.82) is 0 Å². The molecular formula is C31H24Cl2N4O5S. The van der Waals surface area contributed by atoms with E-state index in [4.69, 9.17) is 23.2 Å². The Morgan fingerprint density at radius 3 is 2.12 bits per heavy atom. The Morgan fingerprint density at radius 1 is 0.837 bits per heavy atom. The fourth-order valence-corrected chi connectivity index (χ4v) is 5.21. The molecular weight excluding hydrogens is 611 g/mol. The maximum Gasteiger partial charge on any atom is 0.276 e. The minimum atomic E-state index is -0.684. The van der Waals surface area contributed by atoms with E-state index in [9.17, 15) is 24.5 Å². The van der Waals surface area contributed by atoms with Crippen LogP contribution in [0, 0.1) is 10.1 Å². The second-order valence-electron chi connectivity index (χ2n) is 9.08. The third-order valence-electron chi connectivity index (χ3n) is 5.89. The molecule has 9 nitrogen and oxygen atoms in total. The summed E-state index contributed by atoms with van der Waals surface area (Å²) in [6.07, 6.45) is 1.26. The molecule has 0 saturated carbocycles. The van der Waals surface area contributed by atoms with E-state index in [-0.39, 0.29) is 22.9 Å². The number of hydrogen-bond acceptors (Lipinski definition) is 6. The number of rotatable bonds is 10. The highest BCUT2D eigenvalue weighted by molar-refractivity contribution is 8.00. The molecule has 0 fully saturated rings. The van der Waals surface area contributed by atoms with Crippen molar-refractivity contribution in [2.24, 2.45) is 0 Å². The topological polar surface area (TPSA) is 130 Å². The molecule has 0 saturated heterocycles. The highest BCUT2D eigenvalue weighted by atomic mass is 35.5. The van der Waals surface area contributed by atoms with Crippen molar-refractivity contribution in [2.45, 2.75) is 17.1 Å². The lowest BCUT2D eigenvalue weighted by Crippen LogP contribution is -2.30. The summed E-state index contributed by atoms with van der Waals surface area (Å²) in [5, 5.41) is 19.9. The summed E-state index contributed by atoms with van der Waals surface area (Å²) in [4.78, 5) is 50.6. The standard InChI is InChI=1S/C31H24Cl2N4O5S/c1-19(29(38)35-25-17-22(32)16-23(33)18-25)43-26-13-11-24(12-14-26)34-31(40)27(36-30(39)20-7-3-2-4-8-20)15-21-9-5-6-10-28(21)37(41)42/h2-19H,1H3,(H,34,40)(H,35,38)(H,36,39)/b27-15-. The summed E-state index contributed by atoms with van der Waals surface area (Å²) in [7, 11) is 0. The molecule has 0 spiro atoms. The molecule has 218 valence electrons. The quantitative estimate of drug-likeness (QED) is 0.0719. The molecule has 12 heteroatoms. The number of halogens is 2. The second-order valence-corrected chi connectivity index (χ2v) is 11.4. The minimum Gasteiger partial charge on any atom is -0.325 e. The van der Waals surface area contributed by atoms with E-state index in [2.05, 4.69) is 16.0 Å². The monoisotopic (exact) mass is 634 g/mol. The molecule has 4 aromatic carbocycles. The highest BCUT2D eigenvalue weighted by Crippen LogP contribution is 2.28. The minimum absolute atomic E-state index is 0.144. The number of carbonyl (C=O) groups is 3. The lowest BCUT2D eigenvalue weighted by Gasteiger charge is -2.14. The van der Waals surface area contributed by atoms with Crippen molar-refractivity contribution in [3.8, 4) is 0 Å². The van der Waals surface area contributed by atoms with Crippen LogP contribution >= 0.6 is 35.0 Å². The smallest absolute Gasteiger partial charge is 0.276 e. The molecule has 0 aliphatic heterocycles. The first-order valence-electron chi connectivity index (χ1n) is 12.8. The normalized spacial score (nSPS) is 11.7. The largest absolute Gasteiger partial charge is 0.325 e. The van der Waals surface area contributed by atoms with Crippen molar-refractivity contribution < 1.29 is 19.3 Å². The Kier molecular flexibility index (Phi) is 10.6. The number of benzene rings is 4. The van der Waals surface area contributed by atoms with Gasteiger partial charge in [-0.2, -0.15) is 0 Å². The van der Waals surface area contributed by atoms with Crippen LogP contribution in [0.5, 0.6) is 0 Å². The first-order chi connectivity index (χ1) is 20.6. The van der Waals surface area contributed by atoms with Crippen LogP contribution < -0.4 is 16.0 Å². The van der Waals surface area contributed by atoms with Gasteiger partial charge in [0.2, 0.25) is 5.91 Å². The van der Waals surface area contributed by atoms with Crippen molar-refractivity contribution in [1.82, 2.24) is 5.32 Å².